The van der Waals surface area contributed by atoms with Gasteiger partial charge in [-0.1, -0.05) is 12.1 Å². The number of aromatic nitrogens is 1. The molecular formula is C15H13F3N2O4S. The highest BCUT2D eigenvalue weighted by Crippen LogP contribution is 2.27. The average molecular weight is 374 g/mol. The summed E-state index contributed by atoms with van der Waals surface area (Å²) in [7, 11) is -5.72. The predicted octanol–water partition coefficient (Wildman–Crippen LogP) is 2.80. The average Bonchev–Trinajstić information content (AvgIpc) is 2.55. The Kier molecular flexibility index (Phi) is 5.31. The fraction of sp³-hybridized carbons (Fsp3) is 0.200. The molecule has 0 saturated heterocycles. The molecule has 1 heterocycles. The lowest BCUT2D eigenvalue weighted by atomic mass is 10.1. The van der Waals surface area contributed by atoms with Gasteiger partial charge in [-0.05, 0) is 36.8 Å². The van der Waals surface area contributed by atoms with Crippen LogP contribution >= 0.6 is 0 Å². The molecule has 0 saturated carbocycles. The number of nitrogens with zero attached hydrogens (tertiary/aromatic N) is 1. The molecular weight excluding hydrogens is 361 g/mol. The van der Waals surface area contributed by atoms with Crippen LogP contribution in [0.3, 0.4) is 0 Å². The van der Waals surface area contributed by atoms with E-state index in [9.17, 15) is 26.4 Å². The molecule has 1 atom stereocenters. The van der Waals surface area contributed by atoms with Crippen LogP contribution in [0.1, 0.15) is 28.9 Å². The molecule has 10 heteroatoms. The number of carbonyl (C=O) groups excluding carboxylic acids is 1. The first-order chi connectivity index (χ1) is 11.6. The first-order valence-corrected chi connectivity index (χ1v) is 8.32. The Bertz CT molecular complexity index is 837. The molecule has 1 amide bonds. The van der Waals surface area contributed by atoms with Crippen LogP contribution in [0, 0.1) is 0 Å². The van der Waals surface area contributed by atoms with Gasteiger partial charge in [0, 0.05) is 12.4 Å². The van der Waals surface area contributed by atoms with Crippen LogP contribution in [0.2, 0.25) is 0 Å². The largest absolute Gasteiger partial charge is 0.534 e. The quantitative estimate of drug-likeness (QED) is 0.643. The van der Waals surface area contributed by atoms with Gasteiger partial charge in [0.2, 0.25) is 0 Å². The van der Waals surface area contributed by atoms with Crippen molar-refractivity contribution in [3.63, 3.8) is 0 Å². The number of hydrogen-bond acceptors (Lipinski definition) is 5. The van der Waals surface area contributed by atoms with Crippen molar-refractivity contribution in [2.45, 2.75) is 18.5 Å². The van der Waals surface area contributed by atoms with Gasteiger partial charge in [0.1, 0.15) is 5.75 Å². The molecule has 0 bridgehead atoms. The summed E-state index contributed by atoms with van der Waals surface area (Å²) in [6, 6.07) is 7.57. The van der Waals surface area contributed by atoms with Gasteiger partial charge in [0.25, 0.3) is 5.91 Å². The zero-order chi connectivity index (χ0) is 18.7. The van der Waals surface area contributed by atoms with Gasteiger partial charge in [-0.15, -0.1) is 0 Å². The van der Waals surface area contributed by atoms with Crippen LogP contribution in [-0.2, 0) is 10.1 Å². The summed E-state index contributed by atoms with van der Waals surface area (Å²) >= 11 is 0. The van der Waals surface area contributed by atoms with Crippen molar-refractivity contribution in [1.29, 1.82) is 0 Å². The molecule has 0 radical (unpaired) electrons. The van der Waals surface area contributed by atoms with E-state index >= 15 is 0 Å². The minimum absolute atomic E-state index is 0.352. The summed E-state index contributed by atoms with van der Waals surface area (Å²) in [6.07, 6.45) is 2.91. The van der Waals surface area contributed by atoms with Gasteiger partial charge in [0.05, 0.1) is 11.6 Å². The van der Waals surface area contributed by atoms with E-state index < -0.39 is 27.4 Å². The zero-order valence-electron chi connectivity index (χ0n) is 12.8. The Labute approximate surface area is 141 Å². The molecule has 0 spiro atoms. The third kappa shape index (κ3) is 4.69. The minimum Gasteiger partial charge on any atom is -0.376 e. The SMILES string of the molecule is CC(NC(=O)c1cccnc1)c1ccc(OS(=O)(=O)C(F)(F)F)cc1. The van der Waals surface area contributed by atoms with Crippen LogP contribution in [0.25, 0.3) is 0 Å². The van der Waals surface area contributed by atoms with E-state index in [0.717, 1.165) is 12.1 Å². The van der Waals surface area contributed by atoms with Gasteiger partial charge in [-0.3, -0.25) is 9.78 Å². The van der Waals surface area contributed by atoms with Crippen molar-refractivity contribution in [1.82, 2.24) is 10.3 Å². The standard InChI is InChI=1S/C15H13F3N2O4S/c1-10(20-14(21)12-3-2-8-19-9-12)11-4-6-13(7-5-11)24-25(22,23)15(16,17)18/h2-10H,1H3,(H,20,21). The molecule has 1 aromatic heterocycles. The van der Waals surface area contributed by atoms with Crippen molar-refractivity contribution < 1.29 is 30.6 Å². The van der Waals surface area contributed by atoms with Crippen LogP contribution in [-0.4, -0.2) is 24.8 Å². The molecule has 1 N–H and O–H groups in total. The van der Waals surface area contributed by atoms with Crippen LogP contribution in [0.5, 0.6) is 5.75 Å². The summed E-state index contributed by atoms with van der Waals surface area (Å²) in [4.78, 5) is 15.8. The Balaban J connectivity index is 2.06. The first kappa shape index (κ1) is 18.7. The number of alkyl halides is 3. The summed E-state index contributed by atoms with van der Waals surface area (Å²) < 4.78 is 62.7. The normalized spacial score (nSPS) is 13.1. The fourth-order valence-electron chi connectivity index (χ4n) is 1.85. The number of nitrogens with one attached hydrogen (secondary N) is 1. The molecule has 0 aliphatic carbocycles. The Morgan fingerprint density at radius 3 is 2.36 bits per heavy atom. The number of halogens is 3. The highest BCUT2D eigenvalue weighted by molar-refractivity contribution is 7.88. The van der Waals surface area contributed by atoms with Crippen molar-refractivity contribution in [3.8, 4) is 5.75 Å². The van der Waals surface area contributed by atoms with Gasteiger partial charge in [0.15, 0.2) is 0 Å². The third-order valence-corrected chi connectivity index (χ3v) is 4.12. The smallest absolute Gasteiger partial charge is 0.376 e. The van der Waals surface area contributed by atoms with Gasteiger partial charge >= 0.3 is 15.6 Å². The van der Waals surface area contributed by atoms with E-state index in [4.69, 9.17) is 0 Å². The number of benzene rings is 1. The van der Waals surface area contributed by atoms with E-state index in [1.54, 1.807) is 19.1 Å². The highest BCUT2D eigenvalue weighted by Gasteiger charge is 2.48. The van der Waals surface area contributed by atoms with E-state index in [1.807, 2.05) is 0 Å². The predicted molar refractivity (Wildman–Crippen MR) is 82.2 cm³/mol. The van der Waals surface area contributed by atoms with Gasteiger partial charge in [-0.25, -0.2) is 0 Å². The molecule has 25 heavy (non-hydrogen) atoms. The van der Waals surface area contributed by atoms with E-state index in [1.165, 1.54) is 24.5 Å². The molecule has 2 rings (SSSR count). The highest BCUT2D eigenvalue weighted by atomic mass is 32.2. The van der Waals surface area contributed by atoms with Crippen LogP contribution in [0.4, 0.5) is 13.2 Å². The Morgan fingerprint density at radius 1 is 1.20 bits per heavy atom. The second-order valence-electron chi connectivity index (χ2n) is 4.99. The molecule has 6 nitrogen and oxygen atoms in total. The second-order valence-corrected chi connectivity index (χ2v) is 6.53. The lowest BCUT2D eigenvalue weighted by molar-refractivity contribution is -0.0500. The topological polar surface area (TPSA) is 85.4 Å². The lowest BCUT2D eigenvalue weighted by Crippen LogP contribution is -2.28. The summed E-state index contributed by atoms with van der Waals surface area (Å²) in [6.45, 7) is 1.66. The third-order valence-electron chi connectivity index (χ3n) is 3.14. The van der Waals surface area contributed by atoms with Crippen LogP contribution in [0.15, 0.2) is 48.8 Å². The molecule has 0 aliphatic rings. The van der Waals surface area contributed by atoms with Crippen LogP contribution < -0.4 is 9.50 Å². The lowest BCUT2D eigenvalue weighted by Gasteiger charge is -2.15. The fourth-order valence-corrected chi connectivity index (χ4v) is 2.31. The molecule has 1 unspecified atom stereocenters. The van der Waals surface area contributed by atoms with Gasteiger partial charge in [-0.2, -0.15) is 21.6 Å². The number of carbonyl (C=O) groups is 1. The summed E-state index contributed by atoms with van der Waals surface area (Å²) in [5.41, 5.74) is -4.60. The minimum atomic E-state index is -5.72. The molecule has 2 aromatic rings. The molecule has 0 aliphatic heterocycles. The number of hydrogen-bond donors (Lipinski definition) is 1. The summed E-state index contributed by atoms with van der Waals surface area (Å²) in [5, 5.41) is 2.69. The van der Waals surface area contributed by atoms with E-state index in [0.29, 0.717) is 11.1 Å². The Morgan fingerprint density at radius 2 is 1.84 bits per heavy atom. The molecule has 134 valence electrons. The maximum Gasteiger partial charge on any atom is 0.534 e. The maximum atomic E-state index is 12.3. The zero-order valence-corrected chi connectivity index (χ0v) is 13.6. The number of rotatable bonds is 5. The van der Waals surface area contributed by atoms with E-state index in [2.05, 4.69) is 14.5 Å². The van der Waals surface area contributed by atoms with Crippen molar-refractivity contribution in [2.24, 2.45) is 0 Å². The molecule has 1 aromatic carbocycles. The number of pyridine rings is 1. The van der Waals surface area contributed by atoms with E-state index in [-0.39, 0.29) is 5.91 Å². The number of amides is 1. The monoisotopic (exact) mass is 374 g/mol. The van der Waals surface area contributed by atoms with Crippen molar-refractivity contribution >= 4 is 16.0 Å². The van der Waals surface area contributed by atoms with Gasteiger partial charge < -0.3 is 9.50 Å². The maximum absolute atomic E-state index is 12.3. The van der Waals surface area contributed by atoms with Crippen molar-refractivity contribution in [3.05, 3.63) is 59.9 Å². The van der Waals surface area contributed by atoms with Crippen molar-refractivity contribution in [2.75, 3.05) is 0 Å². The second kappa shape index (κ2) is 7.09. The Hall–Kier alpha value is -2.62. The molecule has 0 fully saturated rings. The first-order valence-electron chi connectivity index (χ1n) is 6.92. The summed E-state index contributed by atoms with van der Waals surface area (Å²) in [5.74, 6) is -0.854.